The number of rotatable bonds is 2. The Morgan fingerprint density at radius 2 is 2.35 bits per heavy atom. The monoisotopic (exact) mass is 353 g/mol. The first-order chi connectivity index (χ1) is 8.02. The number of nitrogens with zero attached hydrogens (tertiary/aromatic N) is 1. The predicted molar refractivity (Wildman–Crippen MR) is 67.6 cm³/mol. The summed E-state index contributed by atoms with van der Waals surface area (Å²) in [6.07, 6.45) is -0.0589. The number of H-pyrrole nitrogens is 1. The summed E-state index contributed by atoms with van der Waals surface area (Å²) < 4.78 is 7.10. The van der Waals surface area contributed by atoms with E-state index in [1.165, 1.54) is 10.8 Å². The van der Waals surface area contributed by atoms with E-state index in [1.54, 1.807) is 0 Å². The van der Waals surface area contributed by atoms with Crippen LogP contribution in [0.15, 0.2) is 15.8 Å². The summed E-state index contributed by atoms with van der Waals surface area (Å²) in [5.74, 6) is 0. The van der Waals surface area contributed by atoms with Crippen LogP contribution in [0, 0.1) is 3.57 Å². The van der Waals surface area contributed by atoms with E-state index in [9.17, 15) is 14.7 Å². The van der Waals surface area contributed by atoms with Gasteiger partial charge in [0.2, 0.25) is 0 Å². The molecular formula is C9H12IN3O4. The Hall–Kier alpha value is -0.710. The van der Waals surface area contributed by atoms with Crippen LogP contribution in [0.3, 0.4) is 0 Å². The third kappa shape index (κ3) is 2.44. The minimum Gasteiger partial charge on any atom is -0.390 e. The average molecular weight is 353 g/mol. The normalized spacial score (nSPS) is 28.5. The molecule has 1 aliphatic rings. The molecule has 1 aliphatic heterocycles. The van der Waals surface area contributed by atoms with Crippen molar-refractivity contribution < 1.29 is 9.84 Å². The predicted octanol–water partition coefficient (Wildman–Crippen LogP) is -1.25. The number of halogens is 1. The van der Waals surface area contributed by atoms with Crippen LogP contribution in [0.25, 0.3) is 0 Å². The van der Waals surface area contributed by atoms with Crippen molar-refractivity contribution in [2.75, 3.05) is 6.54 Å². The Labute approximate surface area is 110 Å². The first-order valence-corrected chi connectivity index (χ1v) is 6.15. The number of aromatic nitrogens is 2. The zero-order valence-electron chi connectivity index (χ0n) is 8.80. The van der Waals surface area contributed by atoms with Gasteiger partial charge in [-0.2, -0.15) is 0 Å². The number of ether oxygens (including phenoxy) is 1. The molecule has 7 nitrogen and oxygen atoms in total. The van der Waals surface area contributed by atoms with Gasteiger partial charge in [-0.3, -0.25) is 14.3 Å². The largest absolute Gasteiger partial charge is 0.390 e. The molecule has 1 aromatic rings. The number of nitrogens with one attached hydrogen (secondary N) is 1. The van der Waals surface area contributed by atoms with Gasteiger partial charge in [0.15, 0.2) is 0 Å². The van der Waals surface area contributed by atoms with Crippen molar-refractivity contribution in [2.24, 2.45) is 5.73 Å². The summed E-state index contributed by atoms with van der Waals surface area (Å²) in [5, 5.41) is 9.64. The van der Waals surface area contributed by atoms with Gasteiger partial charge in [-0.25, -0.2) is 4.79 Å². The van der Waals surface area contributed by atoms with Crippen molar-refractivity contribution >= 4 is 22.6 Å². The molecule has 0 aromatic carbocycles. The quantitative estimate of drug-likeness (QED) is 0.576. The van der Waals surface area contributed by atoms with E-state index in [4.69, 9.17) is 10.5 Å². The number of aromatic amines is 1. The van der Waals surface area contributed by atoms with Gasteiger partial charge in [0.25, 0.3) is 5.56 Å². The summed E-state index contributed by atoms with van der Waals surface area (Å²) in [7, 11) is 0. The van der Waals surface area contributed by atoms with Crippen LogP contribution in [0.2, 0.25) is 0 Å². The van der Waals surface area contributed by atoms with Crippen LogP contribution >= 0.6 is 22.6 Å². The molecule has 0 spiro atoms. The highest BCUT2D eigenvalue weighted by atomic mass is 127. The Morgan fingerprint density at radius 3 is 2.94 bits per heavy atom. The molecule has 94 valence electrons. The van der Waals surface area contributed by atoms with E-state index < -0.39 is 29.7 Å². The van der Waals surface area contributed by atoms with E-state index in [1.807, 2.05) is 22.6 Å². The van der Waals surface area contributed by atoms with E-state index in [0.29, 0.717) is 3.57 Å². The highest BCUT2D eigenvalue weighted by Crippen LogP contribution is 2.26. The lowest BCUT2D eigenvalue weighted by Crippen LogP contribution is -2.34. The number of nitrogens with two attached hydrogens (primary N) is 1. The van der Waals surface area contributed by atoms with Crippen molar-refractivity contribution in [3.05, 3.63) is 30.6 Å². The van der Waals surface area contributed by atoms with Crippen LogP contribution in [-0.2, 0) is 4.74 Å². The van der Waals surface area contributed by atoms with Crippen molar-refractivity contribution in [1.29, 1.82) is 0 Å². The Kier molecular flexibility index (Phi) is 3.66. The zero-order chi connectivity index (χ0) is 12.6. The molecule has 1 saturated heterocycles. The molecule has 3 atom stereocenters. The fraction of sp³-hybridized carbons (Fsp3) is 0.556. The summed E-state index contributed by atoms with van der Waals surface area (Å²) in [4.78, 5) is 25.0. The van der Waals surface area contributed by atoms with Crippen LogP contribution in [0.1, 0.15) is 12.6 Å². The van der Waals surface area contributed by atoms with Gasteiger partial charge < -0.3 is 15.6 Å². The first-order valence-electron chi connectivity index (χ1n) is 5.07. The maximum Gasteiger partial charge on any atom is 0.330 e. The van der Waals surface area contributed by atoms with Gasteiger partial charge in [-0.15, -0.1) is 0 Å². The molecular weight excluding hydrogens is 341 g/mol. The van der Waals surface area contributed by atoms with Gasteiger partial charge >= 0.3 is 5.69 Å². The summed E-state index contributed by atoms with van der Waals surface area (Å²) in [6, 6.07) is 0. The molecule has 0 amide bonds. The molecule has 4 N–H and O–H groups in total. The van der Waals surface area contributed by atoms with Crippen LogP contribution in [0.4, 0.5) is 0 Å². The van der Waals surface area contributed by atoms with Gasteiger partial charge in [0.05, 0.1) is 15.8 Å². The maximum absolute atomic E-state index is 11.6. The van der Waals surface area contributed by atoms with E-state index in [0.717, 1.165) is 0 Å². The molecule has 2 heterocycles. The molecule has 0 aliphatic carbocycles. The summed E-state index contributed by atoms with van der Waals surface area (Å²) in [5.41, 5.74) is 4.44. The van der Waals surface area contributed by atoms with Gasteiger partial charge in [0.1, 0.15) is 6.23 Å². The Bertz CT molecular complexity index is 526. The number of aliphatic hydroxyl groups excluding tert-OH is 1. The van der Waals surface area contributed by atoms with E-state index in [-0.39, 0.29) is 13.0 Å². The van der Waals surface area contributed by atoms with Gasteiger partial charge in [0, 0.05) is 19.2 Å². The van der Waals surface area contributed by atoms with E-state index >= 15 is 0 Å². The average Bonchev–Trinajstić information content (AvgIpc) is 2.65. The second-order valence-corrected chi connectivity index (χ2v) is 4.97. The highest BCUT2D eigenvalue weighted by molar-refractivity contribution is 14.1. The lowest BCUT2D eigenvalue weighted by molar-refractivity contribution is -0.0152. The SMILES string of the molecule is NC[C@@H]1O[C@H](n2cc(I)c(=O)[nH]c2=O)CC1O. The molecule has 17 heavy (non-hydrogen) atoms. The number of hydrogen-bond acceptors (Lipinski definition) is 5. The fourth-order valence-electron chi connectivity index (χ4n) is 1.77. The Morgan fingerprint density at radius 1 is 1.65 bits per heavy atom. The van der Waals surface area contributed by atoms with Crippen molar-refractivity contribution in [3.63, 3.8) is 0 Å². The smallest absolute Gasteiger partial charge is 0.330 e. The molecule has 0 saturated carbocycles. The lowest BCUT2D eigenvalue weighted by Gasteiger charge is -2.14. The summed E-state index contributed by atoms with van der Waals surface area (Å²) >= 11 is 1.83. The number of hydrogen-bond donors (Lipinski definition) is 3. The Balaban J connectivity index is 2.34. The fourth-order valence-corrected chi connectivity index (χ4v) is 2.21. The topological polar surface area (TPSA) is 110 Å². The van der Waals surface area contributed by atoms with Crippen LogP contribution < -0.4 is 17.0 Å². The van der Waals surface area contributed by atoms with Crippen molar-refractivity contribution in [1.82, 2.24) is 9.55 Å². The number of aliphatic hydroxyl groups is 1. The molecule has 1 unspecified atom stereocenters. The summed E-state index contributed by atoms with van der Waals surface area (Å²) in [6.45, 7) is 0.187. The van der Waals surface area contributed by atoms with Crippen LogP contribution in [-0.4, -0.2) is 33.4 Å². The second-order valence-electron chi connectivity index (χ2n) is 3.81. The zero-order valence-corrected chi connectivity index (χ0v) is 11.0. The molecule has 8 heteroatoms. The van der Waals surface area contributed by atoms with Crippen LogP contribution in [0.5, 0.6) is 0 Å². The molecule has 0 radical (unpaired) electrons. The standard InChI is InChI=1S/C9H12IN3O4/c10-4-3-13(9(16)12-8(4)15)7-1-5(14)6(2-11)17-7/h3,5-7,14H,1-2,11H2,(H,12,15,16)/t5?,6-,7-/m0/s1. The molecule has 1 fully saturated rings. The molecule has 2 rings (SSSR count). The highest BCUT2D eigenvalue weighted by Gasteiger charge is 2.34. The first kappa shape index (κ1) is 12.7. The lowest BCUT2D eigenvalue weighted by atomic mass is 10.2. The van der Waals surface area contributed by atoms with Gasteiger partial charge in [-0.05, 0) is 22.6 Å². The minimum atomic E-state index is -0.693. The third-order valence-electron chi connectivity index (χ3n) is 2.67. The maximum atomic E-state index is 11.6. The van der Waals surface area contributed by atoms with Crippen molar-refractivity contribution in [2.45, 2.75) is 24.9 Å². The molecule has 0 bridgehead atoms. The van der Waals surface area contributed by atoms with Crippen molar-refractivity contribution in [3.8, 4) is 0 Å². The third-order valence-corrected chi connectivity index (χ3v) is 3.44. The van der Waals surface area contributed by atoms with Gasteiger partial charge in [-0.1, -0.05) is 0 Å². The molecule has 1 aromatic heterocycles. The second kappa shape index (κ2) is 4.88. The van der Waals surface area contributed by atoms with E-state index in [2.05, 4.69) is 4.98 Å². The minimum absolute atomic E-state index is 0.187.